The maximum atomic E-state index is 12.6. The number of thiazole rings is 1. The number of nitrogens with one attached hydrogen (secondary N) is 2. The molecule has 4 aromatic rings. The highest BCUT2D eigenvalue weighted by atomic mass is 32.1. The molecule has 9 heteroatoms. The van der Waals surface area contributed by atoms with Crippen molar-refractivity contribution >= 4 is 39.3 Å². The summed E-state index contributed by atoms with van der Waals surface area (Å²) in [5.74, 6) is -0.824. The number of hydrogen-bond acceptors (Lipinski definition) is 6. The van der Waals surface area contributed by atoms with Crippen LogP contribution in [0.3, 0.4) is 0 Å². The highest BCUT2D eigenvalue weighted by molar-refractivity contribution is 7.14. The maximum absolute atomic E-state index is 12.6. The third-order valence-electron chi connectivity index (χ3n) is 4.31. The molecule has 0 saturated carbocycles. The van der Waals surface area contributed by atoms with Crippen molar-refractivity contribution in [1.29, 1.82) is 0 Å². The lowest BCUT2D eigenvalue weighted by Crippen LogP contribution is -2.12. The van der Waals surface area contributed by atoms with E-state index in [4.69, 9.17) is 5.73 Å². The molecule has 0 saturated heterocycles. The highest BCUT2D eigenvalue weighted by Gasteiger charge is 2.13. The van der Waals surface area contributed by atoms with Gasteiger partial charge in [-0.2, -0.15) is 0 Å². The predicted octanol–water partition coefficient (Wildman–Crippen LogP) is 3.05. The maximum Gasteiger partial charge on any atom is 0.265 e. The molecule has 1 aromatic carbocycles. The number of aromatic amines is 1. The van der Waals surface area contributed by atoms with Crippen LogP contribution in [-0.2, 0) is 0 Å². The van der Waals surface area contributed by atoms with Gasteiger partial charge in [-0.3, -0.25) is 14.9 Å². The molecule has 0 aliphatic rings. The molecule has 0 atom stereocenters. The molecule has 0 radical (unpaired) electrons. The summed E-state index contributed by atoms with van der Waals surface area (Å²) in [6.07, 6.45) is 1.65. The minimum atomic E-state index is -0.542. The number of carbonyl (C=O) groups excluding carboxylic acids is 2. The molecule has 28 heavy (non-hydrogen) atoms. The first-order chi connectivity index (χ1) is 13.4. The highest BCUT2D eigenvalue weighted by Crippen LogP contribution is 2.26. The van der Waals surface area contributed by atoms with Crippen molar-refractivity contribution < 1.29 is 9.59 Å². The summed E-state index contributed by atoms with van der Waals surface area (Å²) in [5.41, 5.74) is 10.5. The van der Waals surface area contributed by atoms with Crippen LogP contribution in [-0.4, -0.2) is 31.8 Å². The molecular formula is C19H16N6O2S. The number of nitrogens with two attached hydrogens (primary N) is 1. The van der Waals surface area contributed by atoms with E-state index < -0.39 is 5.91 Å². The normalized spacial score (nSPS) is 10.9. The van der Waals surface area contributed by atoms with Gasteiger partial charge in [-0.25, -0.2) is 15.0 Å². The van der Waals surface area contributed by atoms with Gasteiger partial charge in [0.25, 0.3) is 11.8 Å². The third kappa shape index (κ3) is 3.35. The van der Waals surface area contributed by atoms with Gasteiger partial charge in [-0.1, -0.05) is 0 Å². The second-order valence-corrected chi connectivity index (χ2v) is 7.11. The molecule has 4 N–H and O–H groups in total. The van der Waals surface area contributed by atoms with E-state index in [2.05, 4.69) is 25.3 Å². The van der Waals surface area contributed by atoms with Gasteiger partial charge in [-0.15, -0.1) is 11.3 Å². The van der Waals surface area contributed by atoms with Crippen LogP contribution in [0.2, 0.25) is 0 Å². The third-order valence-corrected chi connectivity index (χ3v) is 5.06. The fraction of sp³-hybridized carbons (Fsp3) is 0.105. The number of nitrogens with zero attached hydrogens (tertiary/aromatic N) is 3. The summed E-state index contributed by atoms with van der Waals surface area (Å²) in [6, 6.07) is 6.82. The number of rotatable bonds is 4. The molecule has 140 valence electrons. The molecule has 3 aromatic heterocycles. The summed E-state index contributed by atoms with van der Waals surface area (Å²) in [7, 11) is 0. The predicted molar refractivity (Wildman–Crippen MR) is 107 cm³/mol. The molecule has 0 spiro atoms. The van der Waals surface area contributed by atoms with Crippen LogP contribution in [0.1, 0.15) is 32.2 Å². The molecule has 8 nitrogen and oxygen atoms in total. The second-order valence-electron chi connectivity index (χ2n) is 6.26. The summed E-state index contributed by atoms with van der Waals surface area (Å²) in [5, 5.41) is 5.03. The Balaban J connectivity index is 1.55. The number of carbonyl (C=O) groups is 2. The van der Waals surface area contributed by atoms with Gasteiger partial charge in [0, 0.05) is 22.7 Å². The molecule has 2 amide bonds. The molecule has 0 unspecified atom stereocenters. The molecular weight excluding hydrogens is 376 g/mol. The van der Waals surface area contributed by atoms with Crippen molar-refractivity contribution in [3.8, 4) is 11.3 Å². The standard InChI is InChI=1S/C19H16N6O2S/c1-9-10(2)23-14-5-11(3-4-13(14)22-9)18(27)25-19-24-16(8-28-19)12-6-15(17(20)26)21-7-12/h3-8,21H,1-2H3,(H2,20,26)(H,24,25,27). The average molecular weight is 392 g/mol. The Hall–Kier alpha value is -3.59. The number of hydrogen-bond donors (Lipinski definition) is 3. The van der Waals surface area contributed by atoms with E-state index in [0.717, 1.165) is 22.5 Å². The first kappa shape index (κ1) is 17.8. The minimum absolute atomic E-state index is 0.283. The number of fused-ring (bicyclic) bond motifs is 1. The van der Waals surface area contributed by atoms with Crippen LogP contribution >= 0.6 is 11.3 Å². The second kappa shape index (κ2) is 6.86. The number of primary amides is 1. The van der Waals surface area contributed by atoms with Gasteiger partial charge in [0.2, 0.25) is 0 Å². The first-order valence-electron chi connectivity index (χ1n) is 8.41. The van der Waals surface area contributed by atoms with E-state index in [-0.39, 0.29) is 5.91 Å². The number of H-pyrrole nitrogens is 1. The van der Waals surface area contributed by atoms with Gasteiger partial charge in [0.1, 0.15) is 5.69 Å². The smallest absolute Gasteiger partial charge is 0.265 e. The van der Waals surface area contributed by atoms with E-state index >= 15 is 0 Å². The number of aromatic nitrogens is 4. The Kier molecular flexibility index (Phi) is 4.36. The zero-order valence-corrected chi connectivity index (χ0v) is 15.9. The van der Waals surface area contributed by atoms with Crippen molar-refractivity contribution in [2.45, 2.75) is 13.8 Å². The zero-order valence-electron chi connectivity index (χ0n) is 15.1. The number of benzene rings is 1. The topological polar surface area (TPSA) is 127 Å². The average Bonchev–Trinajstić information content (AvgIpc) is 3.31. The van der Waals surface area contributed by atoms with Crippen LogP contribution < -0.4 is 11.1 Å². The Labute approximate surface area is 163 Å². The molecule has 0 bridgehead atoms. The summed E-state index contributed by atoms with van der Waals surface area (Å²) in [6.45, 7) is 3.79. The Morgan fingerprint density at radius 2 is 1.82 bits per heavy atom. The quantitative estimate of drug-likeness (QED) is 0.492. The van der Waals surface area contributed by atoms with E-state index in [9.17, 15) is 9.59 Å². The number of amides is 2. The SMILES string of the molecule is Cc1nc2ccc(C(=O)Nc3nc(-c4c[nH]c(C(N)=O)c4)cs3)cc2nc1C. The molecule has 0 fully saturated rings. The first-order valence-corrected chi connectivity index (χ1v) is 9.29. The fourth-order valence-electron chi connectivity index (χ4n) is 2.69. The summed E-state index contributed by atoms with van der Waals surface area (Å²) in [4.78, 5) is 39.9. The lowest BCUT2D eigenvalue weighted by Gasteiger charge is -2.05. The molecule has 0 aliphatic heterocycles. The van der Waals surface area contributed by atoms with Crippen LogP contribution in [0.15, 0.2) is 35.8 Å². The van der Waals surface area contributed by atoms with E-state index in [1.807, 2.05) is 13.8 Å². The number of aryl methyl sites for hydroxylation is 2. The lowest BCUT2D eigenvalue weighted by molar-refractivity contribution is 0.0994. The van der Waals surface area contributed by atoms with Crippen LogP contribution in [0.5, 0.6) is 0 Å². The van der Waals surface area contributed by atoms with E-state index in [1.54, 1.807) is 35.8 Å². The van der Waals surface area contributed by atoms with Gasteiger partial charge >= 0.3 is 0 Å². The van der Waals surface area contributed by atoms with Gasteiger partial charge in [0.15, 0.2) is 5.13 Å². The van der Waals surface area contributed by atoms with Crippen molar-refractivity contribution in [2.75, 3.05) is 5.32 Å². The van der Waals surface area contributed by atoms with Gasteiger partial charge < -0.3 is 10.7 Å². The van der Waals surface area contributed by atoms with Gasteiger partial charge in [-0.05, 0) is 38.1 Å². The summed E-state index contributed by atoms with van der Waals surface area (Å²) >= 11 is 1.29. The Bertz CT molecular complexity index is 1230. The molecule has 0 aliphatic carbocycles. The number of anilines is 1. The Morgan fingerprint density at radius 1 is 1.07 bits per heavy atom. The van der Waals surface area contributed by atoms with Crippen LogP contribution in [0.25, 0.3) is 22.3 Å². The van der Waals surface area contributed by atoms with E-state index in [1.165, 1.54) is 11.3 Å². The Morgan fingerprint density at radius 3 is 2.54 bits per heavy atom. The van der Waals surface area contributed by atoms with Crippen molar-refractivity contribution in [3.63, 3.8) is 0 Å². The largest absolute Gasteiger partial charge is 0.364 e. The van der Waals surface area contributed by atoms with Crippen molar-refractivity contribution in [1.82, 2.24) is 19.9 Å². The van der Waals surface area contributed by atoms with Crippen LogP contribution in [0.4, 0.5) is 5.13 Å². The lowest BCUT2D eigenvalue weighted by atomic mass is 10.1. The zero-order chi connectivity index (χ0) is 19.8. The molecule has 3 heterocycles. The van der Waals surface area contributed by atoms with Gasteiger partial charge in [0.05, 0.1) is 28.1 Å². The fourth-order valence-corrected chi connectivity index (χ4v) is 3.40. The molecule has 4 rings (SSSR count). The van der Waals surface area contributed by atoms with Crippen LogP contribution in [0, 0.1) is 13.8 Å². The van der Waals surface area contributed by atoms with E-state index in [0.29, 0.717) is 27.6 Å². The monoisotopic (exact) mass is 392 g/mol. The van der Waals surface area contributed by atoms with Crippen molar-refractivity contribution in [3.05, 3.63) is 58.5 Å². The van der Waals surface area contributed by atoms with Crippen molar-refractivity contribution in [2.24, 2.45) is 5.73 Å². The summed E-state index contributed by atoms with van der Waals surface area (Å²) < 4.78 is 0. The minimum Gasteiger partial charge on any atom is -0.364 e.